The third-order valence-corrected chi connectivity index (χ3v) is 4.83. The average Bonchev–Trinajstić information content (AvgIpc) is 2.93. The summed E-state index contributed by atoms with van der Waals surface area (Å²) in [6.45, 7) is 2.28. The predicted octanol–water partition coefficient (Wildman–Crippen LogP) is 3.61. The molecule has 0 fully saturated rings. The van der Waals surface area contributed by atoms with E-state index in [2.05, 4.69) is 5.32 Å². The predicted molar refractivity (Wildman–Crippen MR) is 98.9 cm³/mol. The Labute approximate surface area is 154 Å². The lowest BCUT2D eigenvalue weighted by Gasteiger charge is -2.24. The largest absolute Gasteiger partial charge is 0.366 e. The molecule has 1 unspecified atom stereocenters. The van der Waals surface area contributed by atoms with Gasteiger partial charge >= 0.3 is 0 Å². The number of hydrogen-bond acceptors (Lipinski definition) is 4. The second kappa shape index (κ2) is 7.98. The molecule has 1 aromatic heterocycles. The highest BCUT2D eigenvalue weighted by molar-refractivity contribution is 7.14. The van der Waals surface area contributed by atoms with E-state index >= 15 is 0 Å². The summed E-state index contributed by atoms with van der Waals surface area (Å²) >= 11 is 13.2. The van der Waals surface area contributed by atoms with Crippen molar-refractivity contribution in [2.45, 2.75) is 19.5 Å². The molecule has 2 amide bonds. The highest BCUT2D eigenvalue weighted by Gasteiger charge is 2.21. The van der Waals surface area contributed by atoms with E-state index in [1.807, 2.05) is 11.9 Å². The molecule has 8 heteroatoms. The molecule has 5 nitrogen and oxygen atoms in total. The molecule has 1 heterocycles. The minimum Gasteiger partial charge on any atom is -0.366 e. The van der Waals surface area contributed by atoms with Crippen molar-refractivity contribution in [2.24, 2.45) is 5.73 Å². The van der Waals surface area contributed by atoms with Crippen molar-refractivity contribution in [1.82, 2.24) is 4.90 Å². The second-order valence-electron chi connectivity index (χ2n) is 5.39. The lowest BCUT2D eigenvalue weighted by Crippen LogP contribution is -2.39. The zero-order chi connectivity index (χ0) is 17.9. The lowest BCUT2D eigenvalue weighted by atomic mass is 10.2. The third-order valence-electron chi connectivity index (χ3n) is 3.56. The minimum atomic E-state index is -0.568. The molecule has 0 bridgehead atoms. The first-order chi connectivity index (χ1) is 11.3. The van der Waals surface area contributed by atoms with Crippen molar-refractivity contribution in [2.75, 3.05) is 12.4 Å². The minimum absolute atomic E-state index is 0.226. The second-order valence-corrected chi connectivity index (χ2v) is 7.17. The van der Waals surface area contributed by atoms with Crippen LogP contribution < -0.4 is 11.1 Å². The molecule has 0 radical (unpaired) electrons. The van der Waals surface area contributed by atoms with Crippen LogP contribution in [0.15, 0.2) is 29.6 Å². The number of halogens is 2. The third kappa shape index (κ3) is 4.70. The van der Waals surface area contributed by atoms with Gasteiger partial charge in [0.25, 0.3) is 5.91 Å². The van der Waals surface area contributed by atoms with E-state index in [1.165, 1.54) is 11.3 Å². The molecule has 2 rings (SSSR count). The topological polar surface area (TPSA) is 75.4 Å². The number of benzene rings is 1. The molecule has 0 aliphatic heterocycles. The Morgan fingerprint density at radius 1 is 1.29 bits per heavy atom. The molecular formula is C16H17Cl2N3O2S. The van der Waals surface area contributed by atoms with Gasteiger partial charge in [-0.25, -0.2) is 0 Å². The number of likely N-dealkylation sites (N-methyl/N-ethyl adjacent to an activating group) is 1. The Morgan fingerprint density at radius 3 is 2.50 bits per heavy atom. The lowest BCUT2D eigenvalue weighted by molar-refractivity contribution is -0.120. The molecule has 0 saturated heterocycles. The average molecular weight is 386 g/mol. The van der Waals surface area contributed by atoms with Gasteiger partial charge in [-0.05, 0) is 49.2 Å². The summed E-state index contributed by atoms with van der Waals surface area (Å²) in [5, 5.41) is 6.01. The molecule has 3 N–H and O–H groups in total. The molecule has 0 saturated carbocycles. The molecule has 128 valence electrons. The number of primary amides is 1. The van der Waals surface area contributed by atoms with Gasteiger partial charge in [0.1, 0.15) is 5.00 Å². The van der Waals surface area contributed by atoms with E-state index in [0.717, 1.165) is 5.56 Å². The van der Waals surface area contributed by atoms with Gasteiger partial charge in [0.2, 0.25) is 5.91 Å². The van der Waals surface area contributed by atoms with Crippen LogP contribution in [-0.2, 0) is 11.3 Å². The molecule has 0 aliphatic rings. The van der Waals surface area contributed by atoms with Gasteiger partial charge in [0, 0.05) is 16.6 Å². The Balaban J connectivity index is 2.04. The van der Waals surface area contributed by atoms with Gasteiger partial charge in [-0.3, -0.25) is 14.5 Å². The maximum atomic E-state index is 12.4. The highest BCUT2D eigenvalue weighted by atomic mass is 35.5. The number of carbonyl (C=O) groups excluding carboxylic acids is 2. The highest BCUT2D eigenvalue weighted by Crippen LogP contribution is 2.24. The summed E-state index contributed by atoms with van der Waals surface area (Å²) < 4.78 is 0. The number of nitrogens with zero attached hydrogens (tertiary/aromatic N) is 1. The van der Waals surface area contributed by atoms with E-state index < -0.39 is 11.9 Å². The Bertz CT molecular complexity index is 743. The molecule has 0 spiro atoms. The number of amides is 2. The van der Waals surface area contributed by atoms with Gasteiger partial charge in [0.15, 0.2) is 0 Å². The van der Waals surface area contributed by atoms with Crippen LogP contribution in [0.3, 0.4) is 0 Å². The van der Waals surface area contributed by atoms with Gasteiger partial charge in [-0.15, -0.1) is 11.3 Å². The number of nitrogens with one attached hydrogen (secondary N) is 1. The van der Waals surface area contributed by atoms with Crippen LogP contribution in [-0.4, -0.2) is 29.8 Å². The first-order valence-electron chi connectivity index (χ1n) is 7.11. The van der Waals surface area contributed by atoms with Crippen molar-refractivity contribution >= 4 is 51.4 Å². The Kier molecular flexibility index (Phi) is 6.23. The van der Waals surface area contributed by atoms with E-state index in [0.29, 0.717) is 27.2 Å². The normalized spacial score (nSPS) is 12.2. The van der Waals surface area contributed by atoms with Crippen molar-refractivity contribution < 1.29 is 9.59 Å². The van der Waals surface area contributed by atoms with Gasteiger partial charge in [0.05, 0.1) is 11.6 Å². The zero-order valence-corrected chi connectivity index (χ0v) is 15.5. The number of thiophene rings is 1. The van der Waals surface area contributed by atoms with Crippen LogP contribution in [0.4, 0.5) is 5.00 Å². The molecular weight excluding hydrogens is 369 g/mol. The Hall–Kier alpha value is -1.60. The van der Waals surface area contributed by atoms with Crippen LogP contribution in [0.1, 0.15) is 22.8 Å². The summed E-state index contributed by atoms with van der Waals surface area (Å²) in [5.74, 6) is -0.795. The van der Waals surface area contributed by atoms with Crippen molar-refractivity contribution in [1.29, 1.82) is 0 Å². The number of nitrogens with two attached hydrogens (primary N) is 1. The van der Waals surface area contributed by atoms with Crippen LogP contribution in [0.5, 0.6) is 0 Å². The quantitative estimate of drug-likeness (QED) is 0.796. The van der Waals surface area contributed by atoms with Gasteiger partial charge in [-0.1, -0.05) is 23.2 Å². The fraction of sp³-hybridized carbons (Fsp3) is 0.250. The Morgan fingerprint density at radius 2 is 1.92 bits per heavy atom. The fourth-order valence-corrected chi connectivity index (χ4v) is 3.51. The monoisotopic (exact) mass is 385 g/mol. The number of hydrogen-bond donors (Lipinski definition) is 2. The number of anilines is 1. The maximum absolute atomic E-state index is 12.4. The summed E-state index contributed by atoms with van der Waals surface area (Å²) in [7, 11) is 1.82. The summed E-state index contributed by atoms with van der Waals surface area (Å²) in [5.41, 5.74) is 6.50. The van der Waals surface area contributed by atoms with E-state index in [4.69, 9.17) is 28.9 Å². The maximum Gasteiger partial charge on any atom is 0.251 e. The smallest absolute Gasteiger partial charge is 0.251 e. The molecule has 0 aliphatic carbocycles. The van der Waals surface area contributed by atoms with Gasteiger partial charge < -0.3 is 11.1 Å². The summed E-state index contributed by atoms with van der Waals surface area (Å²) in [6, 6.07) is 6.43. The van der Waals surface area contributed by atoms with Crippen LogP contribution in [0.25, 0.3) is 0 Å². The fourth-order valence-electron chi connectivity index (χ4n) is 2.14. The summed E-state index contributed by atoms with van der Waals surface area (Å²) in [4.78, 5) is 25.6. The standard InChI is InChI=1S/C16H17Cl2N3O2S/c1-9(15(23)20-16-13(14(19)22)3-4-24-16)21(2)8-10-5-11(17)7-12(18)6-10/h3-7,9H,8H2,1-2H3,(H2,19,22)(H,20,23). The molecule has 24 heavy (non-hydrogen) atoms. The van der Waals surface area contributed by atoms with Crippen molar-refractivity contribution in [3.05, 3.63) is 50.8 Å². The zero-order valence-electron chi connectivity index (χ0n) is 13.2. The SMILES string of the molecule is CC(C(=O)Nc1sccc1C(N)=O)N(C)Cc1cc(Cl)cc(Cl)c1. The first-order valence-corrected chi connectivity index (χ1v) is 8.75. The number of carbonyl (C=O) groups is 2. The van der Waals surface area contributed by atoms with Crippen LogP contribution in [0, 0.1) is 0 Å². The van der Waals surface area contributed by atoms with Crippen LogP contribution in [0.2, 0.25) is 10.0 Å². The summed E-state index contributed by atoms with van der Waals surface area (Å²) in [6.07, 6.45) is 0. The van der Waals surface area contributed by atoms with Crippen molar-refractivity contribution in [3.63, 3.8) is 0 Å². The van der Waals surface area contributed by atoms with E-state index in [9.17, 15) is 9.59 Å². The molecule has 1 atom stereocenters. The molecule has 1 aromatic carbocycles. The first kappa shape index (κ1) is 18.7. The van der Waals surface area contributed by atoms with Crippen LogP contribution >= 0.6 is 34.5 Å². The van der Waals surface area contributed by atoms with Crippen molar-refractivity contribution in [3.8, 4) is 0 Å². The van der Waals surface area contributed by atoms with E-state index in [-0.39, 0.29) is 5.91 Å². The molecule has 2 aromatic rings. The van der Waals surface area contributed by atoms with Gasteiger partial charge in [-0.2, -0.15) is 0 Å². The number of rotatable bonds is 6. The van der Waals surface area contributed by atoms with E-state index in [1.54, 1.807) is 36.6 Å².